The van der Waals surface area contributed by atoms with E-state index in [0.717, 1.165) is 6.07 Å². The molecule has 0 unspecified atom stereocenters. The number of amides is 1. The minimum atomic E-state index is -2.96. The summed E-state index contributed by atoms with van der Waals surface area (Å²) < 4.78 is 47.8. The van der Waals surface area contributed by atoms with Crippen LogP contribution in [0, 0.1) is 5.82 Å². The second-order valence-corrected chi connectivity index (χ2v) is 9.05. The average Bonchev–Trinajstić information content (AvgIpc) is 3.56. The van der Waals surface area contributed by atoms with Gasteiger partial charge in [-0.25, -0.2) is 18.2 Å². The van der Waals surface area contributed by atoms with Gasteiger partial charge in [0.05, 0.1) is 54.9 Å². The molecule has 4 atom stereocenters. The van der Waals surface area contributed by atoms with Crippen LogP contribution in [0.15, 0.2) is 52.3 Å². The number of hydrogen-bond donors (Lipinski definition) is 2. The van der Waals surface area contributed by atoms with Crippen LogP contribution in [0.5, 0.6) is 0 Å². The van der Waals surface area contributed by atoms with E-state index in [2.05, 4.69) is 20.5 Å². The molecule has 2 N–H and O–H groups in total. The number of benzene rings is 1. The quantitative estimate of drug-likeness (QED) is 0.632. The molecular weight excluding hydrogens is 477 g/mol. The lowest BCUT2D eigenvalue weighted by molar-refractivity contribution is -0.117. The van der Waals surface area contributed by atoms with Gasteiger partial charge in [0, 0.05) is 17.3 Å². The number of nitrogens with one attached hydrogen (secondary N) is 1. The number of fused-ring (bicyclic) bond motifs is 1. The van der Waals surface area contributed by atoms with Gasteiger partial charge in [-0.3, -0.25) is 14.5 Å². The van der Waals surface area contributed by atoms with Gasteiger partial charge in [0.25, 0.3) is 12.3 Å². The number of hydrazone groups is 1. The first-order chi connectivity index (χ1) is 17.2. The van der Waals surface area contributed by atoms with Gasteiger partial charge < -0.3 is 15.2 Å². The summed E-state index contributed by atoms with van der Waals surface area (Å²) >= 11 is 0. The van der Waals surface area contributed by atoms with Gasteiger partial charge in [-0.05, 0) is 19.9 Å². The predicted molar refractivity (Wildman–Crippen MR) is 124 cm³/mol. The molecule has 1 amide bonds. The maximum atomic E-state index is 14.6. The summed E-state index contributed by atoms with van der Waals surface area (Å²) in [6, 6.07) is 2.42. The van der Waals surface area contributed by atoms with E-state index in [9.17, 15) is 23.1 Å². The number of aliphatic hydroxyl groups excluding tert-OH is 1. The number of carbonyl (C=O) groups excluding carboxylic acids is 1. The van der Waals surface area contributed by atoms with Crippen LogP contribution in [0.2, 0.25) is 0 Å². The molecule has 3 aliphatic heterocycles. The fourth-order valence-corrected chi connectivity index (χ4v) is 4.48. The van der Waals surface area contributed by atoms with Crippen LogP contribution in [-0.4, -0.2) is 69.3 Å². The number of aromatic nitrogens is 2. The lowest BCUT2D eigenvalue weighted by atomic mass is 10.0. The molecule has 12 heteroatoms. The van der Waals surface area contributed by atoms with Gasteiger partial charge >= 0.3 is 0 Å². The molecular formula is C24H25F3N6O3. The van der Waals surface area contributed by atoms with Crippen LogP contribution in [0.25, 0.3) is 0 Å². The monoisotopic (exact) mass is 502 g/mol. The molecule has 4 heterocycles. The molecule has 1 aromatic carbocycles. The Balaban J connectivity index is 1.42. The lowest BCUT2D eigenvalue weighted by Gasteiger charge is -2.24. The van der Waals surface area contributed by atoms with E-state index in [-0.39, 0.29) is 29.8 Å². The molecule has 5 rings (SSSR count). The number of halogens is 3. The summed E-state index contributed by atoms with van der Waals surface area (Å²) in [5.41, 5.74) is 0.560. The third-order valence-corrected chi connectivity index (χ3v) is 6.39. The third kappa shape index (κ3) is 4.42. The number of rotatable bonds is 6. The Kier molecular flexibility index (Phi) is 6.39. The zero-order valence-corrected chi connectivity index (χ0v) is 19.6. The summed E-state index contributed by atoms with van der Waals surface area (Å²) in [5, 5.41) is 23.4. The highest BCUT2D eigenvalue weighted by Gasteiger charge is 2.34. The number of aliphatic hydroxyl groups is 1. The highest BCUT2D eigenvalue weighted by atomic mass is 19.3. The Morgan fingerprint density at radius 3 is 2.78 bits per heavy atom. The molecule has 190 valence electrons. The van der Waals surface area contributed by atoms with E-state index < -0.39 is 35.9 Å². The second kappa shape index (κ2) is 9.51. The van der Waals surface area contributed by atoms with Gasteiger partial charge in [0.2, 0.25) is 0 Å². The third-order valence-electron chi connectivity index (χ3n) is 6.39. The molecule has 1 fully saturated rings. The highest BCUT2D eigenvalue weighted by molar-refractivity contribution is 6.28. The van der Waals surface area contributed by atoms with Gasteiger partial charge in [0.15, 0.2) is 5.84 Å². The Morgan fingerprint density at radius 1 is 1.28 bits per heavy atom. The van der Waals surface area contributed by atoms with Crippen molar-refractivity contribution in [3.63, 3.8) is 0 Å². The number of amidine groups is 1. The first-order valence-corrected chi connectivity index (χ1v) is 11.6. The zero-order chi connectivity index (χ0) is 25.6. The van der Waals surface area contributed by atoms with Crippen molar-refractivity contribution < 1.29 is 27.8 Å². The van der Waals surface area contributed by atoms with Crippen LogP contribution in [0.4, 0.5) is 13.2 Å². The summed E-state index contributed by atoms with van der Waals surface area (Å²) in [7, 11) is 0. The van der Waals surface area contributed by atoms with Crippen molar-refractivity contribution in [2.45, 2.75) is 44.5 Å². The lowest BCUT2D eigenvalue weighted by Crippen LogP contribution is -2.38. The Morgan fingerprint density at radius 2 is 2.06 bits per heavy atom. The van der Waals surface area contributed by atoms with Crippen LogP contribution in [0.1, 0.15) is 49.0 Å². The largest absolute Gasteiger partial charge is 0.388 e. The summed E-state index contributed by atoms with van der Waals surface area (Å²) in [6.07, 6.45) is 1.25. The van der Waals surface area contributed by atoms with Crippen molar-refractivity contribution in [3.05, 3.63) is 64.7 Å². The van der Waals surface area contributed by atoms with E-state index in [0.29, 0.717) is 30.3 Å². The first-order valence-electron chi connectivity index (χ1n) is 11.6. The molecule has 3 aliphatic rings. The van der Waals surface area contributed by atoms with Crippen molar-refractivity contribution in [3.8, 4) is 0 Å². The van der Waals surface area contributed by atoms with Crippen molar-refractivity contribution in [1.82, 2.24) is 20.1 Å². The van der Waals surface area contributed by atoms with Crippen LogP contribution in [0.3, 0.4) is 0 Å². The molecule has 9 nitrogen and oxygen atoms in total. The van der Waals surface area contributed by atoms with Crippen LogP contribution in [-0.2, 0) is 9.53 Å². The van der Waals surface area contributed by atoms with Gasteiger partial charge in [0.1, 0.15) is 18.0 Å². The second-order valence-electron chi connectivity index (χ2n) is 9.05. The number of alkyl halides is 2. The topological polar surface area (TPSA) is 104 Å². The highest BCUT2D eigenvalue weighted by Crippen LogP contribution is 2.28. The fraction of sp³-hybridized carbons (Fsp3) is 0.417. The van der Waals surface area contributed by atoms with Crippen molar-refractivity contribution in [1.29, 1.82) is 0 Å². The molecule has 0 bridgehead atoms. The summed E-state index contributed by atoms with van der Waals surface area (Å²) in [5.74, 6) is -1.20. The molecule has 2 aromatic rings. The minimum Gasteiger partial charge on any atom is -0.388 e. The standard InChI is InChI=1S/C24H25F3N6O3/c1-12-8-33-23(29-12)17(24(35)30-13(2)15-4-3-5-16(21(15)25)22(26)27)6-18(31-33)14-7-28-32(9-14)19-10-36-11-20(19)34/h3-7,9,12-13,19-20,22,34H,8,10-11H2,1-2H3,(H,30,35)/t12-,13-,19-,20+/m1/s1. The molecule has 0 aliphatic carbocycles. The maximum Gasteiger partial charge on any atom is 0.266 e. The van der Waals surface area contributed by atoms with Crippen LogP contribution >= 0.6 is 0 Å². The van der Waals surface area contributed by atoms with Crippen molar-refractivity contribution in [2.24, 2.45) is 10.1 Å². The van der Waals surface area contributed by atoms with Crippen molar-refractivity contribution >= 4 is 17.5 Å². The Labute approximate surface area is 204 Å². The van der Waals surface area contributed by atoms with Gasteiger partial charge in [-0.1, -0.05) is 18.2 Å². The first kappa shape index (κ1) is 24.2. The van der Waals surface area contributed by atoms with Crippen LogP contribution < -0.4 is 5.32 Å². The van der Waals surface area contributed by atoms with Gasteiger partial charge in [-0.2, -0.15) is 10.2 Å². The molecule has 0 saturated carbocycles. The predicted octanol–water partition coefficient (Wildman–Crippen LogP) is 2.52. The zero-order valence-electron chi connectivity index (χ0n) is 19.6. The molecule has 1 aromatic heterocycles. The number of hydrogen-bond acceptors (Lipinski definition) is 7. The van der Waals surface area contributed by atoms with E-state index in [1.165, 1.54) is 19.1 Å². The van der Waals surface area contributed by atoms with E-state index in [1.807, 2.05) is 6.92 Å². The van der Waals surface area contributed by atoms with E-state index in [1.54, 1.807) is 28.2 Å². The Bertz CT molecular complexity index is 1270. The van der Waals surface area contributed by atoms with E-state index >= 15 is 0 Å². The molecule has 1 saturated heterocycles. The normalized spacial score (nSPS) is 24.4. The Hall–Kier alpha value is -3.51. The van der Waals surface area contributed by atoms with Crippen molar-refractivity contribution in [2.75, 3.05) is 19.8 Å². The number of aliphatic imine (C=N–C) groups is 1. The average molecular weight is 502 g/mol. The number of ether oxygens (including phenoxy) is 1. The number of nitrogens with zero attached hydrogens (tertiary/aromatic N) is 5. The van der Waals surface area contributed by atoms with Gasteiger partial charge in [-0.15, -0.1) is 0 Å². The summed E-state index contributed by atoms with van der Waals surface area (Å²) in [4.78, 5) is 17.8. The molecule has 0 spiro atoms. The fourth-order valence-electron chi connectivity index (χ4n) is 4.48. The molecule has 0 radical (unpaired) electrons. The van der Waals surface area contributed by atoms with E-state index in [4.69, 9.17) is 4.74 Å². The summed E-state index contributed by atoms with van der Waals surface area (Å²) in [6.45, 7) is 4.45. The minimum absolute atomic E-state index is 0.0383. The maximum absolute atomic E-state index is 14.6. The SMILES string of the molecule is C[C@@H]1CN2N=C(c3cnn([C@@H]4COC[C@@H]4O)c3)C=C(C(=O)N[C@H](C)c3cccc(C(F)F)c3F)C2=N1. The number of carbonyl (C=O) groups is 1. The molecule has 36 heavy (non-hydrogen) atoms. The smallest absolute Gasteiger partial charge is 0.266 e. The number of allylic oxidation sites excluding steroid dienone is 1.